The second kappa shape index (κ2) is 4.17. The zero-order valence-electron chi connectivity index (χ0n) is 9.19. The Morgan fingerprint density at radius 3 is 3.06 bits per heavy atom. The van der Waals surface area contributed by atoms with Crippen LogP contribution in [-0.4, -0.2) is 10.9 Å². The molecule has 1 amide bonds. The van der Waals surface area contributed by atoms with Crippen molar-refractivity contribution in [2.75, 3.05) is 5.32 Å². The van der Waals surface area contributed by atoms with Gasteiger partial charge in [-0.05, 0) is 37.0 Å². The number of rotatable bonds is 3. The fourth-order valence-corrected chi connectivity index (χ4v) is 3.87. The van der Waals surface area contributed by atoms with E-state index in [9.17, 15) is 4.79 Å². The number of nitrogens with zero attached hydrogens (tertiary/aromatic N) is 1. The Kier molecular flexibility index (Phi) is 2.67. The Morgan fingerprint density at radius 2 is 2.44 bits per heavy atom. The molecule has 86 valence electrons. The first-order valence-electron chi connectivity index (χ1n) is 6.00. The Labute approximate surface area is 99.3 Å². The highest BCUT2D eigenvalue weighted by Gasteiger charge is 2.40. The molecule has 3 nitrogen and oxygen atoms in total. The van der Waals surface area contributed by atoms with Crippen LogP contribution in [-0.2, 0) is 4.79 Å². The highest BCUT2D eigenvalue weighted by atomic mass is 32.1. The zero-order valence-corrected chi connectivity index (χ0v) is 10.0. The predicted molar refractivity (Wildman–Crippen MR) is 64.3 cm³/mol. The molecule has 2 aliphatic rings. The molecule has 0 radical (unpaired) electrons. The van der Waals surface area contributed by atoms with Crippen LogP contribution in [0.1, 0.15) is 32.1 Å². The largest absolute Gasteiger partial charge is 0.302 e. The second-order valence-corrected chi connectivity index (χ2v) is 5.92. The van der Waals surface area contributed by atoms with Crippen LogP contribution in [0.4, 0.5) is 5.13 Å². The van der Waals surface area contributed by atoms with Gasteiger partial charge in [0.15, 0.2) is 5.13 Å². The Morgan fingerprint density at radius 1 is 1.50 bits per heavy atom. The van der Waals surface area contributed by atoms with Crippen LogP contribution in [0.3, 0.4) is 0 Å². The number of anilines is 1. The maximum atomic E-state index is 11.8. The monoisotopic (exact) mass is 236 g/mol. The van der Waals surface area contributed by atoms with Crippen molar-refractivity contribution in [2.24, 2.45) is 17.8 Å². The van der Waals surface area contributed by atoms with Gasteiger partial charge in [0, 0.05) is 18.0 Å². The van der Waals surface area contributed by atoms with Crippen LogP contribution >= 0.6 is 11.3 Å². The van der Waals surface area contributed by atoms with Crippen molar-refractivity contribution in [1.82, 2.24) is 4.98 Å². The number of hydrogen-bond acceptors (Lipinski definition) is 3. The number of carbonyl (C=O) groups excluding carboxylic acids is 1. The molecule has 4 heteroatoms. The number of fused-ring (bicyclic) bond motifs is 2. The summed E-state index contributed by atoms with van der Waals surface area (Å²) < 4.78 is 0. The summed E-state index contributed by atoms with van der Waals surface area (Å²) in [5, 5.41) is 5.49. The van der Waals surface area contributed by atoms with Gasteiger partial charge < -0.3 is 5.32 Å². The molecule has 16 heavy (non-hydrogen) atoms. The maximum absolute atomic E-state index is 11.8. The van der Waals surface area contributed by atoms with Gasteiger partial charge in [0.05, 0.1) is 0 Å². The smallest absolute Gasteiger partial charge is 0.226 e. The minimum atomic E-state index is 0.146. The average Bonchev–Trinajstić information content (AvgIpc) is 2.92. The second-order valence-electron chi connectivity index (χ2n) is 5.02. The molecule has 1 aromatic heterocycles. The molecule has 0 spiro atoms. The van der Waals surface area contributed by atoms with E-state index in [0.29, 0.717) is 12.3 Å². The fourth-order valence-electron chi connectivity index (χ4n) is 3.32. The van der Waals surface area contributed by atoms with Crippen molar-refractivity contribution < 1.29 is 4.79 Å². The highest BCUT2D eigenvalue weighted by molar-refractivity contribution is 7.13. The van der Waals surface area contributed by atoms with E-state index in [0.717, 1.165) is 17.0 Å². The molecule has 0 aromatic carbocycles. The molecule has 3 atom stereocenters. The Balaban J connectivity index is 1.53. The normalized spacial score (nSPS) is 31.9. The van der Waals surface area contributed by atoms with Crippen molar-refractivity contribution in [1.29, 1.82) is 0 Å². The topological polar surface area (TPSA) is 42.0 Å². The summed E-state index contributed by atoms with van der Waals surface area (Å²) in [6.45, 7) is 0. The molecule has 1 heterocycles. The van der Waals surface area contributed by atoms with Gasteiger partial charge in [-0.3, -0.25) is 4.79 Å². The van der Waals surface area contributed by atoms with E-state index < -0.39 is 0 Å². The van der Waals surface area contributed by atoms with E-state index in [2.05, 4.69) is 10.3 Å². The van der Waals surface area contributed by atoms with Crippen molar-refractivity contribution in [3.8, 4) is 0 Å². The molecular weight excluding hydrogens is 220 g/mol. The summed E-state index contributed by atoms with van der Waals surface area (Å²) in [6.07, 6.45) is 7.80. The van der Waals surface area contributed by atoms with E-state index >= 15 is 0 Å². The Bertz CT molecular complexity index is 376. The first-order chi connectivity index (χ1) is 7.81. The van der Waals surface area contributed by atoms with Gasteiger partial charge in [-0.25, -0.2) is 4.98 Å². The predicted octanol–water partition coefficient (Wildman–Crippen LogP) is 2.91. The van der Waals surface area contributed by atoms with E-state index in [4.69, 9.17) is 0 Å². The first kappa shape index (κ1) is 10.3. The molecule has 2 bridgehead atoms. The number of nitrogens with one attached hydrogen (secondary N) is 1. The lowest BCUT2D eigenvalue weighted by atomic mass is 9.86. The van der Waals surface area contributed by atoms with Gasteiger partial charge in [0.25, 0.3) is 0 Å². The van der Waals surface area contributed by atoms with Crippen LogP contribution in [0.15, 0.2) is 11.6 Å². The Hall–Kier alpha value is -0.900. The van der Waals surface area contributed by atoms with Gasteiger partial charge in [0.2, 0.25) is 5.91 Å². The van der Waals surface area contributed by atoms with Crippen molar-refractivity contribution >= 4 is 22.4 Å². The van der Waals surface area contributed by atoms with Crippen molar-refractivity contribution in [3.05, 3.63) is 11.6 Å². The molecule has 3 rings (SSSR count). The summed E-state index contributed by atoms with van der Waals surface area (Å²) in [7, 11) is 0. The fraction of sp³-hybridized carbons (Fsp3) is 0.667. The lowest BCUT2D eigenvalue weighted by Gasteiger charge is -2.20. The maximum Gasteiger partial charge on any atom is 0.226 e. The van der Waals surface area contributed by atoms with E-state index in [-0.39, 0.29) is 5.91 Å². The van der Waals surface area contributed by atoms with E-state index in [1.54, 1.807) is 6.20 Å². The number of amides is 1. The summed E-state index contributed by atoms with van der Waals surface area (Å²) in [5.74, 6) is 2.53. The van der Waals surface area contributed by atoms with Crippen LogP contribution in [0.25, 0.3) is 0 Å². The lowest BCUT2D eigenvalue weighted by Crippen LogP contribution is -2.20. The van der Waals surface area contributed by atoms with Crippen LogP contribution < -0.4 is 5.32 Å². The molecule has 2 aliphatic carbocycles. The first-order valence-corrected chi connectivity index (χ1v) is 6.88. The molecule has 0 saturated heterocycles. The standard InChI is InChI=1S/C12H16N2OS/c15-11(14-12-13-3-4-16-12)7-10-6-8-1-2-9(10)5-8/h3-4,8-10H,1-2,5-7H2,(H,13,14,15)/t8-,9-,10+/m0/s1. The van der Waals surface area contributed by atoms with Gasteiger partial charge in [-0.15, -0.1) is 11.3 Å². The minimum absolute atomic E-state index is 0.146. The quantitative estimate of drug-likeness (QED) is 0.876. The lowest BCUT2D eigenvalue weighted by molar-refractivity contribution is -0.117. The van der Waals surface area contributed by atoms with E-state index in [1.807, 2.05) is 5.38 Å². The van der Waals surface area contributed by atoms with Gasteiger partial charge in [0.1, 0.15) is 0 Å². The third kappa shape index (κ3) is 1.98. The minimum Gasteiger partial charge on any atom is -0.302 e. The molecule has 1 N–H and O–H groups in total. The van der Waals surface area contributed by atoms with Gasteiger partial charge >= 0.3 is 0 Å². The van der Waals surface area contributed by atoms with Crippen LogP contribution in [0.5, 0.6) is 0 Å². The van der Waals surface area contributed by atoms with E-state index in [1.165, 1.54) is 37.0 Å². The summed E-state index contributed by atoms with van der Waals surface area (Å²) in [5.41, 5.74) is 0. The summed E-state index contributed by atoms with van der Waals surface area (Å²) >= 11 is 1.48. The van der Waals surface area contributed by atoms with Crippen LogP contribution in [0.2, 0.25) is 0 Å². The zero-order chi connectivity index (χ0) is 11.0. The highest BCUT2D eigenvalue weighted by Crippen LogP contribution is 2.49. The number of thiazole rings is 1. The number of aromatic nitrogens is 1. The van der Waals surface area contributed by atoms with Crippen molar-refractivity contribution in [2.45, 2.75) is 32.1 Å². The molecule has 1 aromatic rings. The molecule has 0 unspecified atom stereocenters. The van der Waals surface area contributed by atoms with Gasteiger partial charge in [-0.2, -0.15) is 0 Å². The van der Waals surface area contributed by atoms with Gasteiger partial charge in [-0.1, -0.05) is 6.42 Å². The van der Waals surface area contributed by atoms with Crippen molar-refractivity contribution in [3.63, 3.8) is 0 Å². The molecule has 2 saturated carbocycles. The third-order valence-electron chi connectivity index (χ3n) is 4.01. The third-order valence-corrected chi connectivity index (χ3v) is 4.70. The molecule has 0 aliphatic heterocycles. The number of hydrogen-bond donors (Lipinski definition) is 1. The summed E-state index contributed by atoms with van der Waals surface area (Å²) in [6, 6.07) is 0. The average molecular weight is 236 g/mol. The summed E-state index contributed by atoms with van der Waals surface area (Å²) in [4.78, 5) is 15.9. The SMILES string of the molecule is O=C(C[C@H]1C[C@H]2CC[C@H]1C2)Nc1nccs1. The number of carbonyl (C=O) groups is 1. The molecule has 2 fully saturated rings. The van der Waals surface area contributed by atoms with Crippen LogP contribution in [0, 0.1) is 17.8 Å². The molecular formula is C12H16N2OS.